The number of benzene rings is 1. The number of carbonyl (C=O) groups excluding carboxylic acids is 1. The molecule has 5 heteroatoms. The molecule has 0 radical (unpaired) electrons. The molecule has 0 spiro atoms. The molecule has 0 saturated carbocycles. The number of nitrogens with one attached hydrogen (secondary N) is 2. The molecule has 2 aliphatic rings. The van der Waals surface area contributed by atoms with Gasteiger partial charge >= 0.3 is 0 Å². The number of halogens is 1. The van der Waals surface area contributed by atoms with Crippen LogP contribution >= 0.6 is 0 Å². The molecule has 3 rings (SSSR count). The van der Waals surface area contributed by atoms with Crippen LogP contribution in [0.4, 0.5) is 4.39 Å². The Kier molecular flexibility index (Phi) is 5.98. The topological polar surface area (TPSA) is 67.2 Å². The molecule has 2 aliphatic heterocycles. The maximum Gasteiger partial charge on any atom is 0.164 e. The molecule has 24 heavy (non-hydrogen) atoms. The summed E-state index contributed by atoms with van der Waals surface area (Å²) in [5.74, 6) is 0.732. The molecule has 4 unspecified atom stereocenters. The fourth-order valence-corrected chi connectivity index (χ4v) is 4.02. The molecular formula is C19H28FN3O. The molecule has 0 aromatic heterocycles. The van der Waals surface area contributed by atoms with E-state index in [9.17, 15) is 9.18 Å². The lowest BCUT2D eigenvalue weighted by atomic mass is 9.81. The molecular weight excluding hydrogens is 305 g/mol. The minimum atomic E-state index is -0.324. The van der Waals surface area contributed by atoms with Crippen molar-refractivity contribution in [2.75, 3.05) is 19.6 Å². The number of hydrogen-bond donors (Lipinski definition) is 3. The van der Waals surface area contributed by atoms with Gasteiger partial charge in [0.1, 0.15) is 5.82 Å². The van der Waals surface area contributed by atoms with E-state index in [0.717, 1.165) is 38.4 Å². The number of carbonyl (C=O) groups is 1. The number of ketones is 1. The van der Waals surface area contributed by atoms with Crippen molar-refractivity contribution in [1.82, 2.24) is 10.6 Å². The van der Waals surface area contributed by atoms with Gasteiger partial charge < -0.3 is 16.4 Å². The molecule has 2 fully saturated rings. The molecule has 4 nitrogen and oxygen atoms in total. The maximum atomic E-state index is 12.9. The highest BCUT2D eigenvalue weighted by atomic mass is 19.1. The number of Topliss-reactive ketones (excluding diaryl/α,β-unsaturated/α-hetero) is 1. The largest absolute Gasteiger partial charge is 0.327 e. The van der Waals surface area contributed by atoms with Crippen LogP contribution in [0.15, 0.2) is 24.3 Å². The van der Waals surface area contributed by atoms with Crippen molar-refractivity contribution in [3.8, 4) is 0 Å². The summed E-state index contributed by atoms with van der Waals surface area (Å²) >= 11 is 0. The van der Waals surface area contributed by atoms with E-state index in [-0.39, 0.29) is 17.6 Å². The Labute approximate surface area is 143 Å². The van der Waals surface area contributed by atoms with E-state index >= 15 is 0 Å². The zero-order valence-corrected chi connectivity index (χ0v) is 14.1. The van der Waals surface area contributed by atoms with Crippen LogP contribution in [0.3, 0.4) is 0 Å². The molecule has 0 bridgehead atoms. The van der Waals surface area contributed by atoms with Crippen LogP contribution in [-0.4, -0.2) is 37.5 Å². The number of piperidine rings is 2. The van der Waals surface area contributed by atoms with Crippen molar-refractivity contribution < 1.29 is 9.18 Å². The van der Waals surface area contributed by atoms with Crippen LogP contribution in [0.25, 0.3) is 0 Å². The van der Waals surface area contributed by atoms with Crippen molar-refractivity contribution in [3.63, 3.8) is 0 Å². The molecule has 0 amide bonds. The Bertz CT molecular complexity index is 534. The number of rotatable bonds is 5. The van der Waals surface area contributed by atoms with E-state index in [1.165, 1.54) is 37.1 Å². The van der Waals surface area contributed by atoms with Gasteiger partial charge in [0.15, 0.2) is 5.78 Å². The Balaban J connectivity index is 1.47. The van der Waals surface area contributed by atoms with Crippen LogP contribution < -0.4 is 16.4 Å². The molecule has 132 valence electrons. The third kappa shape index (κ3) is 4.41. The van der Waals surface area contributed by atoms with E-state index in [1.54, 1.807) is 0 Å². The zero-order valence-electron chi connectivity index (χ0n) is 14.1. The van der Waals surface area contributed by atoms with Gasteiger partial charge in [-0.25, -0.2) is 4.39 Å². The smallest absolute Gasteiger partial charge is 0.164 e. The van der Waals surface area contributed by atoms with Crippen LogP contribution in [0.5, 0.6) is 0 Å². The Morgan fingerprint density at radius 1 is 1.21 bits per heavy atom. The van der Waals surface area contributed by atoms with Crippen molar-refractivity contribution in [3.05, 3.63) is 35.6 Å². The van der Waals surface area contributed by atoms with Crippen LogP contribution in [0.1, 0.15) is 42.5 Å². The third-order valence-electron chi connectivity index (χ3n) is 5.59. The number of hydrogen-bond acceptors (Lipinski definition) is 4. The molecule has 1 aromatic carbocycles. The molecule has 2 saturated heterocycles. The zero-order chi connectivity index (χ0) is 16.9. The van der Waals surface area contributed by atoms with Gasteiger partial charge in [0.25, 0.3) is 0 Å². The SMILES string of the molecule is NC(CC(=O)c1ccc(F)cc1)C1CCC(C2CCCNC2)NC1. The van der Waals surface area contributed by atoms with Crippen molar-refractivity contribution in [1.29, 1.82) is 0 Å². The highest BCUT2D eigenvalue weighted by Crippen LogP contribution is 2.26. The number of nitrogens with two attached hydrogens (primary N) is 1. The van der Waals surface area contributed by atoms with E-state index in [1.807, 2.05) is 0 Å². The van der Waals surface area contributed by atoms with Crippen molar-refractivity contribution in [2.24, 2.45) is 17.6 Å². The maximum absolute atomic E-state index is 12.9. The second-order valence-electron chi connectivity index (χ2n) is 7.26. The summed E-state index contributed by atoms with van der Waals surface area (Å²) in [7, 11) is 0. The highest BCUT2D eigenvalue weighted by molar-refractivity contribution is 5.96. The van der Waals surface area contributed by atoms with E-state index < -0.39 is 0 Å². The first-order valence-corrected chi connectivity index (χ1v) is 9.12. The van der Waals surface area contributed by atoms with Gasteiger partial charge in [-0.05, 0) is 81.4 Å². The van der Waals surface area contributed by atoms with E-state index in [0.29, 0.717) is 23.9 Å². The van der Waals surface area contributed by atoms with Crippen molar-refractivity contribution >= 4 is 5.78 Å². The van der Waals surface area contributed by atoms with Crippen molar-refractivity contribution in [2.45, 2.75) is 44.2 Å². The molecule has 4 N–H and O–H groups in total. The average Bonchev–Trinajstić information content (AvgIpc) is 2.63. The van der Waals surface area contributed by atoms with Gasteiger partial charge in [0.2, 0.25) is 0 Å². The van der Waals surface area contributed by atoms with E-state index in [2.05, 4.69) is 10.6 Å². The van der Waals surface area contributed by atoms with Gasteiger partial charge in [0, 0.05) is 24.1 Å². The summed E-state index contributed by atoms with van der Waals surface area (Å²) in [4.78, 5) is 12.3. The lowest BCUT2D eigenvalue weighted by molar-refractivity contribution is 0.0956. The summed E-state index contributed by atoms with van der Waals surface area (Å²) in [5, 5.41) is 7.14. The fraction of sp³-hybridized carbons (Fsp3) is 0.632. The summed E-state index contributed by atoms with van der Waals surface area (Å²) < 4.78 is 12.9. The lowest BCUT2D eigenvalue weighted by Crippen LogP contribution is -2.51. The highest BCUT2D eigenvalue weighted by Gasteiger charge is 2.31. The van der Waals surface area contributed by atoms with Gasteiger partial charge in [-0.15, -0.1) is 0 Å². The van der Waals surface area contributed by atoms with Crippen LogP contribution in [0, 0.1) is 17.7 Å². The van der Waals surface area contributed by atoms with Gasteiger partial charge in [-0.3, -0.25) is 4.79 Å². The second-order valence-corrected chi connectivity index (χ2v) is 7.26. The first kappa shape index (κ1) is 17.5. The summed E-state index contributed by atoms with van der Waals surface area (Å²) in [6.07, 6.45) is 5.09. The molecule has 0 aliphatic carbocycles. The quantitative estimate of drug-likeness (QED) is 0.722. The Morgan fingerprint density at radius 2 is 2.00 bits per heavy atom. The second kappa shape index (κ2) is 8.19. The molecule has 1 aromatic rings. The fourth-order valence-electron chi connectivity index (χ4n) is 4.02. The summed E-state index contributed by atoms with van der Waals surface area (Å²) in [5.41, 5.74) is 6.84. The van der Waals surface area contributed by atoms with E-state index in [4.69, 9.17) is 5.73 Å². The first-order valence-electron chi connectivity index (χ1n) is 9.12. The Morgan fingerprint density at radius 3 is 2.62 bits per heavy atom. The minimum Gasteiger partial charge on any atom is -0.327 e. The Hall–Kier alpha value is -1.30. The summed E-state index contributed by atoms with van der Waals surface area (Å²) in [6, 6.07) is 6.16. The minimum absolute atomic E-state index is 0.00102. The predicted octanol–water partition coefficient (Wildman–Crippen LogP) is 2.09. The molecule has 2 heterocycles. The monoisotopic (exact) mass is 333 g/mol. The summed E-state index contributed by atoms with van der Waals surface area (Å²) in [6.45, 7) is 3.14. The average molecular weight is 333 g/mol. The predicted molar refractivity (Wildman–Crippen MR) is 93.4 cm³/mol. The third-order valence-corrected chi connectivity index (χ3v) is 5.59. The standard InChI is InChI=1S/C19H28FN3O/c20-16-6-3-13(4-7-16)19(24)10-17(21)14-5-8-18(23-12-14)15-2-1-9-22-11-15/h3-4,6-7,14-15,17-18,22-23H,1-2,5,8-12,21H2. The van der Waals surface area contributed by atoms with Gasteiger partial charge in [0.05, 0.1) is 0 Å². The van der Waals surface area contributed by atoms with Gasteiger partial charge in [-0.1, -0.05) is 0 Å². The van der Waals surface area contributed by atoms with Crippen LogP contribution in [0.2, 0.25) is 0 Å². The van der Waals surface area contributed by atoms with Gasteiger partial charge in [-0.2, -0.15) is 0 Å². The first-order chi connectivity index (χ1) is 11.6. The lowest BCUT2D eigenvalue weighted by Gasteiger charge is -2.38. The van der Waals surface area contributed by atoms with Crippen LogP contribution in [-0.2, 0) is 0 Å². The molecule has 4 atom stereocenters. The normalized spacial score (nSPS) is 29.2.